The van der Waals surface area contributed by atoms with Crippen LogP contribution in [0.15, 0.2) is 53.9 Å². The normalized spacial score (nSPS) is 10.6. The summed E-state index contributed by atoms with van der Waals surface area (Å²) in [5.41, 5.74) is 2.58. The third kappa shape index (κ3) is 4.35. The van der Waals surface area contributed by atoms with Gasteiger partial charge in [-0.05, 0) is 23.8 Å². The summed E-state index contributed by atoms with van der Waals surface area (Å²) in [5.74, 6) is -0.0778. The van der Waals surface area contributed by atoms with Crippen molar-refractivity contribution in [1.29, 1.82) is 0 Å². The molecule has 0 aliphatic rings. The van der Waals surface area contributed by atoms with E-state index in [2.05, 4.69) is 10.3 Å². The third-order valence-corrected chi connectivity index (χ3v) is 4.87. The number of nitrogens with zero attached hydrogens (tertiary/aromatic N) is 1. The Morgan fingerprint density at radius 2 is 1.96 bits per heavy atom. The van der Waals surface area contributed by atoms with Crippen molar-refractivity contribution in [3.63, 3.8) is 0 Å². The fourth-order valence-electron chi connectivity index (χ4n) is 2.22. The lowest BCUT2D eigenvalue weighted by Gasteiger charge is -2.04. The van der Waals surface area contributed by atoms with Crippen LogP contribution in [0.1, 0.15) is 11.3 Å². The number of hydrogen-bond donors (Lipinski definition) is 1. The van der Waals surface area contributed by atoms with Gasteiger partial charge >= 0.3 is 0 Å². The Kier molecular flexibility index (Phi) is 5.51. The zero-order chi connectivity index (χ0) is 16.9. The molecule has 1 N–H and O–H groups in total. The Morgan fingerprint density at radius 3 is 2.75 bits per heavy atom. The molecule has 2 aromatic carbocycles. The summed E-state index contributed by atoms with van der Waals surface area (Å²) in [6.07, 6.45) is 0.238. The van der Waals surface area contributed by atoms with E-state index in [0.29, 0.717) is 16.6 Å². The summed E-state index contributed by atoms with van der Waals surface area (Å²) in [5, 5.41) is 6.89. The Balaban J connectivity index is 1.60. The predicted octanol–water partition coefficient (Wildman–Crippen LogP) is 4.98. The highest BCUT2D eigenvalue weighted by atomic mass is 35.5. The van der Waals surface area contributed by atoms with E-state index in [1.54, 1.807) is 6.07 Å². The lowest BCUT2D eigenvalue weighted by molar-refractivity contribution is -0.120. The molecule has 0 fully saturated rings. The maximum atomic E-state index is 12.1. The third-order valence-electron chi connectivity index (χ3n) is 3.38. The van der Waals surface area contributed by atoms with E-state index in [-0.39, 0.29) is 12.3 Å². The number of rotatable bonds is 5. The number of carbonyl (C=O) groups excluding carboxylic acids is 1. The number of thiazole rings is 1. The number of hydrogen-bond acceptors (Lipinski definition) is 3. The van der Waals surface area contributed by atoms with E-state index in [9.17, 15) is 4.79 Å². The van der Waals surface area contributed by atoms with Crippen LogP contribution >= 0.6 is 34.5 Å². The summed E-state index contributed by atoms with van der Waals surface area (Å²) in [4.78, 5) is 16.6. The zero-order valence-electron chi connectivity index (χ0n) is 12.6. The number of aromatic nitrogens is 1. The van der Waals surface area contributed by atoms with Crippen LogP contribution in [0.5, 0.6) is 0 Å². The quantitative estimate of drug-likeness (QED) is 0.682. The Bertz CT molecular complexity index is 863. The minimum atomic E-state index is -0.0778. The van der Waals surface area contributed by atoms with Crippen LogP contribution < -0.4 is 5.32 Å². The Hall–Kier alpha value is -1.88. The number of carbonyl (C=O) groups is 1. The standard InChI is InChI=1S/C18H14Cl2N2OS/c19-13-5-3-4-12(8-13)10-21-17(23)9-14-11-24-18(22-14)15-6-1-2-7-16(15)20/h1-8,11H,9-10H2,(H,21,23). The highest BCUT2D eigenvalue weighted by molar-refractivity contribution is 7.13. The fourth-order valence-corrected chi connectivity index (χ4v) is 3.57. The summed E-state index contributed by atoms with van der Waals surface area (Å²) in [7, 11) is 0. The van der Waals surface area contributed by atoms with Gasteiger partial charge in [0.25, 0.3) is 0 Å². The predicted molar refractivity (Wildman–Crippen MR) is 99.6 cm³/mol. The molecule has 0 bridgehead atoms. The molecular formula is C18H14Cl2N2OS. The second kappa shape index (κ2) is 7.79. The second-order valence-electron chi connectivity index (χ2n) is 5.21. The van der Waals surface area contributed by atoms with Gasteiger partial charge in [0.1, 0.15) is 5.01 Å². The summed E-state index contributed by atoms with van der Waals surface area (Å²) in [6.45, 7) is 0.445. The minimum absolute atomic E-state index is 0.0778. The van der Waals surface area contributed by atoms with E-state index in [1.165, 1.54) is 11.3 Å². The molecule has 3 rings (SSSR count). The average Bonchev–Trinajstić information content (AvgIpc) is 3.02. The van der Waals surface area contributed by atoms with Gasteiger partial charge in [0.2, 0.25) is 5.91 Å². The van der Waals surface area contributed by atoms with Crippen LogP contribution in [-0.4, -0.2) is 10.9 Å². The Labute approximate surface area is 154 Å². The molecule has 0 saturated heterocycles. The van der Waals surface area contributed by atoms with Gasteiger partial charge in [0.05, 0.1) is 17.1 Å². The van der Waals surface area contributed by atoms with E-state index in [0.717, 1.165) is 21.8 Å². The van der Waals surface area contributed by atoms with Gasteiger partial charge in [0, 0.05) is 22.5 Å². The van der Waals surface area contributed by atoms with Crippen molar-refractivity contribution in [2.75, 3.05) is 0 Å². The maximum absolute atomic E-state index is 12.1. The molecule has 6 heteroatoms. The van der Waals surface area contributed by atoms with E-state index in [1.807, 2.05) is 47.8 Å². The Morgan fingerprint density at radius 1 is 1.12 bits per heavy atom. The molecule has 0 aliphatic heterocycles. The lowest BCUT2D eigenvalue weighted by atomic mass is 10.2. The number of benzene rings is 2. The monoisotopic (exact) mass is 376 g/mol. The first kappa shape index (κ1) is 17.0. The first-order valence-corrected chi connectivity index (χ1v) is 8.96. The maximum Gasteiger partial charge on any atom is 0.226 e. The van der Waals surface area contributed by atoms with Crippen LogP contribution in [0.4, 0.5) is 0 Å². The molecule has 3 aromatic rings. The van der Waals surface area contributed by atoms with Gasteiger partial charge in [-0.1, -0.05) is 53.5 Å². The molecule has 0 saturated carbocycles. The highest BCUT2D eigenvalue weighted by Gasteiger charge is 2.11. The first-order chi connectivity index (χ1) is 11.6. The van der Waals surface area contributed by atoms with Crippen molar-refractivity contribution in [2.24, 2.45) is 0 Å². The average molecular weight is 377 g/mol. The van der Waals surface area contributed by atoms with Crippen LogP contribution in [0.3, 0.4) is 0 Å². The second-order valence-corrected chi connectivity index (χ2v) is 6.91. The SMILES string of the molecule is O=C(Cc1csc(-c2ccccc2Cl)n1)NCc1cccc(Cl)c1. The lowest BCUT2D eigenvalue weighted by Crippen LogP contribution is -2.24. The molecule has 1 amide bonds. The van der Waals surface area contributed by atoms with Crippen LogP contribution in [0.25, 0.3) is 10.6 Å². The van der Waals surface area contributed by atoms with Crippen molar-refractivity contribution < 1.29 is 4.79 Å². The molecule has 122 valence electrons. The molecule has 1 aromatic heterocycles. The van der Waals surface area contributed by atoms with Crippen molar-refractivity contribution in [3.05, 3.63) is 75.2 Å². The zero-order valence-corrected chi connectivity index (χ0v) is 15.0. The number of nitrogens with one attached hydrogen (secondary N) is 1. The van der Waals surface area contributed by atoms with Gasteiger partial charge in [0.15, 0.2) is 0 Å². The molecule has 0 aliphatic carbocycles. The van der Waals surface area contributed by atoms with Crippen molar-refractivity contribution in [3.8, 4) is 10.6 Å². The number of amides is 1. The molecule has 0 radical (unpaired) electrons. The molecule has 0 atom stereocenters. The van der Waals surface area contributed by atoms with Gasteiger partial charge < -0.3 is 5.32 Å². The van der Waals surface area contributed by atoms with Crippen molar-refractivity contribution >= 4 is 40.4 Å². The van der Waals surface area contributed by atoms with E-state index < -0.39 is 0 Å². The topological polar surface area (TPSA) is 42.0 Å². The smallest absolute Gasteiger partial charge is 0.226 e. The van der Waals surface area contributed by atoms with Crippen molar-refractivity contribution in [1.82, 2.24) is 10.3 Å². The van der Waals surface area contributed by atoms with Crippen LogP contribution in [-0.2, 0) is 17.8 Å². The first-order valence-electron chi connectivity index (χ1n) is 7.32. The van der Waals surface area contributed by atoms with Crippen molar-refractivity contribution in [2.45, 2.75) is 13.0 Å². The fraction of sp³-hybridized carbons (Fsp3) is 0.111. The molecule has 24 heavy (non-hydrogen) atoms. The van der Waals surface area contributed by atoms with Gasteiger partial charge in [-0.15, -0.1) is 11.3 Å². The van der Waals surface area contributed by atoms with E-state index >= 15 is 0 Å². The molecule has 1 heterocycles. The largest absolute Gasteiger partial charge is 0.352 e. The summed E-state index contributed by atoms with van der Waals surface area (Å²) in [6, 6.07) is 15.0. The van der Waals surface area contributed by atoms with Gasteiger partial charge in [-0.25, -0.2) is 4.98 Å². The van der Waals surface area contributed by atoms with E-state index in [4.69, 9.17) is 23.2 Å². The number of halogens is 2. The van der Waals surface area contributed by atoms with Gasteiger partial charge in [-0.3, -0.25) is 4.79 Å². The highest BCUT2D eigenvalue weighted by Crippen LogP contribution is 2.30. The summed E-state index contributed by atoms with van der Waals surface area (Å²) >= 11 is 13.6. The molecule has 0 unspecified atom stereocenters. The van der Waals surface area contributed by atoms with Crippen LogP contribution in [0.2, 0.25) is 10.0 Å². The van der Waals surface area contributed by atoms with Crippen LogP contribution in [0, 0.1) is 0 Å². The molecular weight excluding hydrogens is 363 g/mol. The minimum Gasteiger partial charge on any atom is -0.352 e. The van der Waals surface area contributed by atoms with Gasteiger partial charge in [-0.2, -0.15) is 0 Å². The molecule has 3 nitrogen and oxygen atoms in total. The summed E-state index contributed by atoms with van der Waals surface area (Å²) < 4.78 is 0. The molecule has 0 spiro atoms.